The molecule has 1 aliphatic heterocycles. The van der Waals surface area contributed by atoms with Crippen LogP contribution in [0.4, 0.5) is 4.39 Å². The molecule has 1 aliphatic rings. The highest BCUT2D eigenvalue weighted by Gasteiger charge is 2.38. The van der Waals surface area contributed by atoms with Gasteiger partial charge in [-0.2, -0.15) is 5.10 Å². The second-order valence-electron chi connectivity index (χ2n) is 7.19. The van der Waals surface area contributed by atoms with Gasteiger partial charge in [0.1, 0.15) is 11.0 Å². The number of amides is 1. The Hall–Kier alpha value is -2.77. The number of rotatable bonds is 6. The molecule has 0 saturated carbocycles. The summed E-state index contributed by atoms with van der Waals surface area (Å²) in [6.45, 7) is 1.25. The SMILES string of the molecule is CN1C(=O)C[C@@H](CNCc2cccnc2Cl)[C@@H]1c1cnn(-c2ccc(F)cc2)c1. The third-order valence-electron chi connectivity index (χ3n) is 5.29. The van der Waals surface area contributed by atoms with Crippen molar-refractivity contribution >= 4 is 17.5 Å². The third-order valence-corrected chi connectivity index (χ3v) is 5.63. The van der Waals surface area contributed by atoms with Gasteiger partial charge in [0.05, 0.1) is 17.9 Å². The summed E-state index contributed by atoms with van der Waals surface area (Å²) >= 11 is 6.11. The molecule has 3 aromatic rings. The van der Waals surface area contributed by atoms with Gasteiger partial charge in [0.25, 0.3) is 0 Å². The van der Waals surface area contributed by atoms with E-state index < -0.39 is 0 Å². The average molecular weight is 414 g/mol. The van der Waals surface area contributed by atoms with E-state index in [0.717, 1.165) is 16.8 Å². The number of likely N-dealkylation sites (tertiary alicyclic amines) is 1. The van der Waals surface area contributed by atoms with Gasteiger partial charge < -0.3 is 10.2 Å². The number of benzene rings is 1. The summed E-state index contributed by atoms with van der Waals surface area (Å²) in [5.41, 5.74) is 2.65. The fourth-order valence-corrected chi connectivity index (χ4v) is 3.98. The molecule has 1 fully saturated rings. The molecule has 1 aromatic carbocycles. The van der Waals surface area contributed by atoms with Gasteiger partial charge in [0.15, 0.2) is 0 Å². The van der Waals surface area contributed by atoms with Crippen LogP contribution >= 0.6 is 11.6 Å². The van der Waals surface area contributed by atoms with Crippen LogP contribution in [0.25, 0.3) is 5.69 Å². The molecule has 29 heavy (non-hydrogen) atoms. The average Bonchev–Trinajstić information content (AvgIpc) is 3.29. The van der Waals surface area contributed by atoms with Crippen molar-refractivity contribution in [3.63, 3.8) is 0 Å². The molecule has 2 aromatic heterocycles. The fourth-order valence-electron chi connectivity index (χ4n) is 3.80. The predicted octanol–water partition coefficient (Wildman–Crippen LogP) is 3.37. The van der Waals surface area contributed by atoms with E-state index >= 15 is 0 Å². The molecule has 1 amide bonds. The summed E-state index contributed by atoms with van der Waals surface area (Å²) in [5.74, 6) is -0.0772. The van der Waals surface area contributed by atoms with Gasteiger partial charge >= 0.3 is 0 Å². The molecule has 0 bridgehead atoms. The molecule has 8 heteroatoms. The molecule has 1 N–H and O–H groups in total. The Balaban J connectivity index is 1.48. The summed E-state index contributed by atoms with van der Waals surface area (Å²) in [5, 5.41) is 8.29. The summed E-state index contributed by atoms with van der Waals surface area (Å²) in [6.07, 6.45) is 5.80. The van der Waals surface area contributed by atoms with Gasteiger partial charge in [-0.25, -0.2) is 14.1 Å². The van der Waals surface area contributed by atoms with Crippen molar-refractivity contribution in [2.24, 2.45) is 5.92 Å². The van der Waals surface area contributed by atoms with Crippen LogP contribution in [0, 0.1) is 11.7 Å². The second-order valence-corrected chi connectivity index (χ2v) is 7.55. The van der Waals surface area contributed by atoms with E-state index in [1.165, 1.54) is 12.1 Å². The van der Waals surface area contributed by atoms with Crippen molar-refractivity contribution in [1.82, 2.24) is 25.0 Å². The number of nitrogens with zero attached hydrogens (tertiary/aromatic N) is 4. The van der Waals surface area contributed by atoms with Crippen molar-refractivity contribution in [3.05, 3.63) is 77.1 Å². The van der Waals surface area contributed by atoms with Gasteiger partial charge in [-0.3, -0.25) is 4.79 Å². The monoisotopic (exact) mass is 413 g/mol. The summed E-state index contributed by atoms with van der Waals surface area (Å²) in [7, 11) is 1.82. The molecule has 150 valence electrons. The van der Waals surface area contributed by atoms with E-state index in [9.17, 15) is 9.18 Å². The normalized spacial score (nSPS) is 19.1. The van der Waals surface area contributed by atoms with Crippen LogP contribution in [0.3, 0.4) is 0 Å². The maximum absolute atomic E-state index is 13.2. The van der Waals surface area contributed by atoms with E-state index in [0.29, 0.717) is 24.7 Å². The minimum absolute atomic E-state index is 0.0754. The molecule has 3 heterocycles. The standard InChI is InChI=1S/C21H21ClFN5O/c1-27-19(29)9-15(11-24-10-14-3-2-8-25-21(14)22)20(27)16-12-26-28(13-16)18-6-4-17(23)5-7-18/h2-8,12-13,15,20,24H,9-11H2,1H3/t15-,20+/m0/s1. The van der Waals surface area contributed by atoms with E-state index in [2.05, 4.69) is 15.4 Å². The summed E-state index contributed by atoms with van der Waals surface area (Å²) in [6, 6.07) is 9.85. The lowest BCUT2D eigenvalue weighted by atomic mass is 9.95. The highest BCUT2D eigenvalue weighted by Crippen LogP contribution is 2.36. The number of halogens is 2. The Bertz CT molecular complexity index is 1010. The van der Waals surface area contributed by atoms with Crippen LogP contribution < -0.4 is 5.32 Å². The molecule has 2 atom stereocenters. The minimum Gasteiger partial charge on any atom is -0.338 e. The summed E-state index contributed by atoms with van der Waals surface area (Å²) < 4.78 is 14.9. The topological polar surface area (TPSA) is 63.1 Å². The zero-order valence-corrected chi connectivity index (χ0v) is 16.7. The molecule has 0 radical (unpaired) electrons. The Kier molecular flexibility index (Phi) is 5.60. The summed E-state index contributed by atoms with van der Waals surface area (Å²) in [4.78, 5) is 18.2. The van der Waals surface area contributed by atoms with Gasteiger partial charge in [-0.1, -0.05) is 17.7 Å². The molecule has 0 spiro atoms. The van der Waals surface area contributed by atoms with Crippen LogP contribution in [-0.4, -0.2) is 39.2 Å². The Morgan fingerprint density at radius 3 is 2.83 bits per heavy atom. The van der Waals surface area contributed by atoms with Crippen molar-refractivity contribution in [2.45, 2.75) is 19.0 Å². The van der Waals surface area contributed by atoms with E-state index in [1.54, 1.807) is 34.1 Å². The first-order chi connectivity index (χ1) is 14.0. The van der Waals surface area contributed by atoms with Crippen LogP contribution in [0.5, 0.6) is 0 Å². The number of hydrogen-bond donors (Lipinski definition) is 1. The quantitative estimate of drug-likeness (QED) is 0.629. The van der Waals surface area contributed by atoms with Crippen molar-refractivity contribution < 1.29 is 9.18 Å². The van der Waals surface area contributed by atoms with E-state index in [-0.39, 0.29) is 23.7 Å². The largest absolute Gasteiger partial charge is 0.338 e. The smallest absolute Gasteiger partial charge is 0.223 e. The fraction of sp³-hybridized carbons (Fsp3) is 0.286. The molecule has 0 aliphatic carbocycles. The van der Waals surface area contributed by atoms with E-state index in [4.69, 9.17) is 11.6 Å². The van der Waals surface area contributed by atoms with Gasteiger partial charge in [0.2, 0.25) is 5.91 Å². The lowest BCUT2D eigenvalue weighted by Crippen LogP contribution is -2.29. The third kappa shape index (κ3) is 4.16. The molecule has 4 rings (SSSR count). The van der Waals surface area contributed by atoms with Gasteiger partial charge in [-0.15, -0.1) is 0 Å². The van der Waals surface area contributed by atoms with Crippen molar-refractivity contribution in [2.75, 3.05) is 13.6 Å². The Morgan fingerprint density at radius 1 is 1.28 bits per heavy atom. The molecular weight excluding hydrogens is 393 g/mol. The Morgan fingerprint density at radius 2 is 2.07 bits per heavy atom. The molecule has 1 saturated heterocycles. The highest BCUT2D eigenvalue weighted by molar-refractivity contribution is 6.30. The highest BCUT2D eigenvalue weighted by atomic mass is 35.5. The molecule has 0 unspecified atom stereocenters. The first-order valence-corrected chi connectivity index (χ1v) is 9.77. The second kappa shape index (κ2) is 8.31. The first-order valence-electron chi connectivity index (χ1n) is 9.39. The van der Waals surface area contributed by atoms with Gasteiger partial charge in [-0.05, 0) is 30.3 Å². The zero-order chi connectivity index (χ0) is 20.4. The number of carbonyl (C=O) groups is 1. The number of carbonyl (C=O) groups excluding carboxylic acids is 1. The number of pyridine rings is 1. The van der Waals surface area contributed by atoms with E-state index in [1.807, 2.05) is 25.4 Å². The van der Waals surface area contributed by atoms with Crippen LogP contribution in [-0.2, 0) is 11.3 Å². The predicted molar refractivity (Wildman–Crippen MR) is 108 cm³/mol. The molecular formula is C21H21ClFN5O. The van der Waals surface area contributed by atoms with Crippen LogP contribution in [0.15, 0.2) is 55.0 Å². The lowest BCUT2D eigenvalue weighted by molar-refractivity contribution is -0.127. The number of aromatic nitrogens is 3. The van der Waals surface area contributed by atoms with Gasteiger partial charge in [0, 0.05) is 56.0 Å². The van der Waals surface area contributed by atoms with Crippen molar-refractivity contribution in [1.29, 1.82) is 0 Å². The Labute approximate surface area is 173 Å². The number of hydrogen-bond acceptors (Lipinski definition) is 4. The molecule has 6 nitrogen and oxygen atoms in total. The lowest BCUT2D eigenvalue weighted by Gasteiger charge is -2.24. The maximum atomic E-state index is 13.2. The van der Waals surface area contributed by atoms with Crippen LogP contribution in [0.2, 0.25) is 5.15 Å². The number of nitrogens with one attached hydrogen (secondary N) is 1. The minimum atomic E-state index is -0.290. The zero-order valence-electron chi connectivity index (χ0n) is 15.9. The first kappa shape index (κ1) is 19.5. The van der Waals surface area contributed by atoms with Crippen molar-refractivity contribution in [3.8, 4) is 5.69 Å². The maximum Gasteiger partial charge on any atom is 0.223 e. The van der Waals surface area contributed by atoms with Crippen LogP contribution in [0.1, 0.15) is 23.6 Å².